The summed E-state index contributed by atoms with van der Waals surface area (Å²) in [6, 6.07) is 0. The first-order chi connectivity index (χ1) is 11.2. The first-order valence-corrected chi connectivity index (χ1v) is 11.7. The van der Waals surface area contributed by atoms with E-state index in [1.165, 1.54) is 70.6 Å². The van der Waals surface area contributed by atoms with E-state index in [1.54, 1.807) is 21.3 Å². The van der Waals surface area contributed by atoms with Gasteiger partial charge in [-0.15, -0.1) is 0 Å². The number of rotatable bonds is 17. The molecule has 0 heterocycles. The minimum absolute atomic E-state index is 0.446. The van der Waals surface area contributed by atoms with Crippen LogP contribution < -0.4 is 0 Å². The van der Waals surface area contributed by atoms with Crippen LogP contribution in [0.15, 0.2) is 0 Å². The molecule has 0 bridgehead atoms. The molecule has 4 heteroatoms. The Kier molecular flexibility index (Phi) is 15.7. The summed E-state index contributed by atoms with van der Waals surface area (Å²) in [5.74, 6) is 0. The van der Waals surface area contributed by atoms with Crippen LogP contribution in [0.2, 0.25) is 5.54 Å². The largest absolute Gasteiger partial charge is 0.503 e. The zero-order valence-corrected chi connectivity index (χ0v) is 17.5. The highest BCUT2D eigenvalue weighted by molar-refractivity contribution is 6.62. The second kappa shape index (κ2) is 15.6. The van der Waals surface area contributed by atoms with Crippen LogP contribution >= 0.6 is 0 Å². The van der Waals surface area contributed by atoms with Gasteiger partial charge in [-0.2, -0.15) is 0 Å². The van der Waals surface area contributed by atoms with Gasteiger partial charge in [0.15, 0.2) is 0 Å². The summed E-state index contributed by atoms with van der Waals surface area (Å²) in [6.07, 6.45) is 17.3. The Hall–Kier alpha value is 0.0969. The molecule has 3 nitrogen and oxygen atoms in total. The van der Waals surface area contributed by atoms with Gasteiger partial charge in [0.25, 0.3) is 0 Å². The van der Waals surface area contributed by atoms with Crippen LogP contribution in [0.25, 0.3) is 0 Å². The molecule has 0 radical (unpaired) electrons. The lowest BCUT2D eigenvalue weighted by Crippen LogP contribution is -2.47. The fraction of sp³-hybridized carbons (Fsp3) is 1.00. The molecular weight excluding hydrogens is 304 g/mol. The third-order valence-corrected chi connectivity index (χ3v) is 8.18. The predicted molar refractivity (Wildman–Crippen MR) is 102 cm³/mol. The zero-order valence-electron chi connectivity index (χ0n) is 16.5. The molecule has 0 aliphatic heterocycles. The van der Waals surface area contributed by atoms with E-state index in [9.17, 15) is 0 Å². The summed E-state index contributed by atoms with van der Waals surface area (Å²) < 4.78 is 17.1. The van der Waals surface area contributed by atoms with Crippen molar-refractivity contribution >= 4 is 8.80 Å². The zero-order chi connectivity index (χ0) is 17.4. The molecule has 0 saturated heterocycles. The Labute approximate surface area is 146 Å². The number of hydrogen-bond donors (Lipinski definition) is 0. The summed E-state index contributed by atoms with van der Waals surface area (Å²) in [4.78, 5) is 0. The van der Waals surface area contributed by atoms with Gasteiger partial charge in [0.1, 0.15) is 0 Å². The molecule has 140 valence electrons. The Morgan fingerprint density at radius 3 is 1.39 bits per heavy atom. The molecule has 0 aliphatic rings. The van der Waals surface area contributed by atoms with E-state index in [2.05, 4.69) is 13.8 Å². The molecule has 0 aromatic carbocycles. The maximum atomic E-state index is 5.69. The van der Waals surface area contributed by atoms with Gasteiger partial charge in [-0.1, -0.05) is 84.5 Å². The summed E-state index contributed by atoms with van der Waals surface area (Å²) in [7, 11) is 2.75. The second-order valence-electron chi connectivity index (χ2n) is 6.67. The van der Waals surface area contributed by atoms with Crippen LogP contribution in [-0.4, -0.2) is 30.1 Å². The Morgan fingerprint density at radius 2 is 1.00 bits per heavy atom. The third-order valence-electron chi connectivity index (χ3n) is 4.90. The van der Waals surface area contributed by atoms with Crippen LogP contribution in [0.5, 0.6) is 0 Å². The highest BCUT2D eigenvalue weighted by Gasteiger charge is 2.46. The number of hydrogen-bond acceptors (Lipinski definition) is 3. The Balaban J connectivity index is 3.84. The molecule has 0 spiro atoms. The third kappa shape index (κ3) is 9.85. The van der Waals surface area contributed by atoms with Crippen LogP contribution in [0.4, 0.5) is 0 Å². The minimum Gasteiger partial charge on any atom is -0.377 e. The monoisotopic (exact) mass is 346 g/mol. The van der Waals surface area contributed by atoms with Gasteiger partial charge < -0.3 is 13.3 Å². The van der Waals surface area contributed by atoms with E-state index in [0.717, 1.165) is 12.8 Å². The van der Waals surface area contributed by atoms with Crippen molar-refractivity contribution in [1.29, 1.82) is 0 Å². The van der Waals surface area contributed by atoms with Crippen LogP contribution in [0.3, 0.4) is 0 Å². The fourth-order valence-electron chi connectivity index (χ4n) is 3.47. The van der Waals surface area contributed by atoms with Crippen molar-refractivity contribution in [2.75, 3.05) is 21.3 Å². The fourth-order valence-corrected chi connectivity index (χ4v) is 6.17. The Morgan fingerprint density at radius 1 is 0.565 bits per heavy atom. The van der Waals surface area contributed by atoms with Crippen molar-refractivity contribution in [3.8, 4) is 0 Å². The SMILES string of the molecule is CCCCCCCCCCCCC(CCC)[Si](OC)(OC)OC. The van der Waals surface area contributed by atoms with Crippen molar-refractivity contribution in [3.05, 3.63) is 0 Å². The van der Waals surface area contributed by atoms with Crippen LogP contribution in [0, 0.1) is 0 Å². The van der Waals surface area contributed by atoms with Gasteiger partial charge in [-0.05, 0) is 12.8 Å². The van der Waals surface area contributed by atoms with Crippen molar-refractivity contribution < 1.29 is 13.3 Å². The van der Waals surface area contributed by atoms with E-state index < -0.39 is 8.80 Å². The highest BCUT2D eigenvalue weighted by atomic mass is 28.4. The van der Waals surface area contributed by atoms with E-state index in [-0.39, 0.29) is 0 Å². The minimum atomic E-state index is -2.46. The van der Waals surface area contributed by atoms with Crippen LogP contribution in [0.1, 0.15) is 97.3 Å². The van der Waals surface area contributed by atoms with Gasteiger partial charge in [-0.3, -0.25) is 0 Å². The molecule has 0 N–H and O–H groups in total. The first kappa shape index (κ1) is 23.1. The van der Waals surface area contributed by atoms with Crippen molar-refractivity contribution in [3.63, 3.8) is 0 Å². The lowest BCUT2D eigenvalue weighted by Gasteiger charge is -2.32. The standard InChI is InChI=1S/C19H42O3Si/c1-6-8-9-10-11-12-13-14-15-16-18-19(17-7-2)23(20-3,21-4)22-5/h19H,6-18H2,1-5H3. The molecule has 0 aromatic rings. The average Bonchev–Trinajstić information content (AvgIpc) is 2.58. The molecule has 0 amide bonds. The number of unbranched alkanes of at least 4 members (excludes halogenated alkanes) is 9. The molecule has 0 aromatic heterocycles. The normalized spacial score (nSPS) is 13.4. The molecule has 0 aliphatic carbocycles. The molecule has 23 heavy (non-hydrogen) atoms. The quantitative estimate of drug-likeness (QED) is 0.227. The molecular formula is C19H42O3Si. The molecule has 1 unspecified atom stereocenters. The van der Waals surface area contributed by atoms with Crippen molar-refractivity contribution in [2.24, 2.45) is 0 Å². The van der Waals surface area contributed by atoms with Gasteiger partial charge >= 0.3 is 8.80 Å². The molecule has 0 saturated carbocycles. The molecule has 0 fully saturated rings. The summed E-state index contributed by atoms with van der Waals surface area (Å²) in [5, 5.41) is 0. The summed E-state index contributed by atoms with van der Waals surface area (Å²) in [6.45, 7) is 4.51. The maximum absolute atomic E-state index is 5.69. The Bertz CT molecular complexity index is 237. The van der Waals surface area contributed by atoms with Gasteiger partial charge in [0.2, 0.25) is 0 Å². The summed E-state index contributed by atoms with van der Waals surface area (Å²) in [5.41, 5.74) is 0.446. The van der Waals surface area contributed by atoms with Crippen molar-refractivity contribution in [2.45, 2.75) is 103 Å². The smallest absolute Gasteiger partial charge is 0.377 e. The summed E-state index contributed by atoms with van der Waals surface area (Å²) >= 11 is 0. The highest BCUT2D eigenvalue weighted by Crippen LogP contribution is 2.33. The lowest BCUT2D eigenvalue weighted by atomic mass is 10.0. The van der Waals surface area contributed by atoms with E-state index >= 15 is 0 Å². The van der Waals surface area contributed by atoms with E-state index in [1.807, 2.05) is 0 Å². The van der Waals surface area contributed by atoms with Crippen LogP contribution in [-0.2, 0) is 13.3 Å². The molecule has 0 rings (SSSR count). The van der Waals surface area contributed by atoms with Gasteiger partial charge in [0.05, 0.1) is 0 Å². The van der Waals surface area contributed by atoms with Crippen molar-refractivity contribution in [1.82, 2.24) is 0 Å². The second-order valence-corrected chi connectivity index (χ2v) is 9.92. The van der Waals surface area contributed by atoms with Gasteiger partial charge in [0, 0.05) is 26.9 Å². The maximum Gasteiger partial charge on any atom is 0.503 e. The lowest BCUT2D eigenvalue weighted by molar-refractivity contribution is 0.107. The van der Waals surface area contributed by atoms with E-state index in [4.69, 9.17) is 13.3 Å². The average molecular weight is 347 g/mol. The van der Waals surface area contributed by atoms with Gasteiger partial charge in [-0.25, -0.2) is 0 Å². The topological polar surface area (TPSA) is 27.7 Å². The van der Waals surface area contributed by atoms with E-state index in [0.29, 0.717) is 5.54 Å². The molecule has 1 atom stereocenters. The predicted octanol–water partition coefficient (Wildman–Crippen LogP) is 6.35. The first-order valence-electron chi connectivity index (χ1n) is 9.86.